The van der Waals surface area contributed by atoms with E-state index in [0.717, 1.165) is 0 Å². The van der Waals surface area contributed by atoms with Gasteiger partial charge in [0.1, 0.15) is 0 Å². The molecule has 0 unspecified atom stereocenters. The smallest absolute Gasteiger partial charge is 0.179 e. The quantitative estimate of drug-likeness (QED) is 0.616. The van der Waals surface area contributed by atoms with Crippen LogP contribution in [0.1, 0.15) is 0 Å². The molecule has 0 aromatic heterocycles. The molecule has 1 aromatic rings. The van der Waals surface area contributed by atoms with Gasteiger partial charge in [0, 0.05) is 11.6 Å². The number of rotatable bonds is 3. The molecule has 0 atom stereocenters. The van der Waals surface area contributed by atoms with Gasteiger partial charge in [-0.15, -0.1) is 11.6 Å². The summed E-state index contributed by atoms with van der Waals surface area (Å²) < 4.78 is 22.9. The zero-order valence-corrected chi connectivity index (χ0v) is 8.48. The first-order valence-electron chi connectivity index (χ1n) is 3.70. The van der Waals surface area contributed by atoms with Gasteiger partial charge < -0.3 is 5.73 Å². The van der Waals surface area contributed by atoms with Gasteiger partial charge in [0.05, 0.1) is 10.6 Å². The van der Waals surface area contributed by atoms with Gasteiger partial charge in [-0.1, -0.05) is 6.07 Å². The van der Waals surface area contributed by atoms with Crippen molar-refractivity contribution in [1.82, 2.24) is 0 Å². The summed E-state index contributed by atoms with van der Waals surface area (Å²) in [6.07, 6.45) is 0. The Labute approximate surface area is 82.4 Å². The first kappa shape index (κ1) is 10.3. The van der Waals surface area contributed by atoms with Crippen molar-refractivity contribution in [2.45, 2.75) is 4.90 Å². The second-order valence-electron chi connectivity index (χ2n) is 2.58. The van der Waals surface area contributed by atoms with Crippen molar-refractivity contribution in [3.63, 3.8) is 0 Å². The SMILES string of the molecule is Nc1cccc(S(=O)(=O)CCCl)c1. The Kier molecular flexibility index (Phi) is 3.17. The summed E-state index contributed by atoms with van der Waals surface area (Å²) in [6, 6.07) is 6.19. The Morgan fingerprint density at radius 3 is 2.62 bits per heavy atom. The molecule has 2 N–H and O–H groups in total. The first-order chi connectivity index (χ1) is 6.06. The second-order valence-corrected chi connectivity index (χ2v) is 5.07. The number of halogens is 1. The summed E-state index contributed by atoms with van der Waals surface area (Å²) in [5, 5.41) is 0. The number of nitrogens with two attached hydrogens (primary N) is 1. The minimum Gasteiger partial charge on any atom is -0.399 e. The van der Waals surface area contributed by atoms with E-state index < -0.39 is 9.84 Å². The number of nitrogen functional groups attached to an aromatic ring is 1. The van der Waals surface area contributed by atoms with Crippen LogP contribution in [-0.2, 0) is 9.84 Å². The summed E-state index contributed by atoms with van der Waals surface area (Å²) >= 11 is 5.37. The number of benzene rings is 1. The Morgan fingerprint density at radius 1 is 1.38 bits per heavy atom. The highest BCUT2D eigenvalue weighted by atomic mass is 35.5. The topological polar surface area (TPSA) is 60.2 Å². The van der Waals surface area contributed by atoms with Crippen LogP contribution in [0.5, 0.6) is 0 Å². The highest BCUT2D eigenvalue weighted by Gasteiger charge is 2.12. The van der Waals surface area contributed by atoms with Crippen LogP contribution in [0.15, 0.2) is 29.2 Å². The lowest BCUT2D eigenvalue weighted by atomic mass is 10.3. The Morgan fingerprint density at radius 2 is 2.08 bits per heavy atom. The van der Waals surface area contributed by atoms with Crippen LogP contribution in [0, 0.1) is 0 Å². The van der Waals surface area contributed by atoms with Crippen molar-refractivity contribution in [1.29, 1.82) is 0 Å². The molecule has 13 heavy (non-hydrogen) atoms. The zero-order chi connectivity index (χ0) is 9.90. The van der Waals surface area contributed by atoms with Crippen LogP contribution in [0.2, 0.25) is 0 Å². The van der Waals surface area contributed by atoms with Gasteiger partial charge in [0.25, 0.3) is 0 Å². The van der Waals surface area contributed by atoms with E-state index in [0.29, 0.717) is 5.69 Å². The summed E-state index contributed by atoms with van der Waals surface area (Å²) in [5.74, 6) is 0.0368. The van der Waals surface area contributed by atoms with Crippen molar-refractivity contribution < 1.29 is 8.42 Å². The highest BCUT2D eigenvalue weighted by molar-refractivity contribution is 7.91. The fourth-order valence-corrected chi connectivity index (χ4v) is 2.58. The third-order valence-corrected chi connectivity index (χ3v) is 3.69. The second kappa shape index (κ2) is 3.98. The molecule has 0 fully saturated rings. The molecule has 0 saturated carbocycles. The van der Waals surface area contributed by atoms with Crippen molar-refractivity contribution in [3.05, 3.63) is 24.3 Å². The lowest BCUT2D eigenvalue weighted by molar-refractivity contribution is 0.597. The van der Waals surface area contributed by atoms with Crippen molar-refractivity contribution >= 4 is 27.1 Å². The van der Waals surface area contributed by atoms with Crippen molar-refractivity contribution in [3.8, 4) is 0 Å². The van der Waals surface area contributed by atoms with Crippen LogP contribution >= 0.6 is 11.6 Å². The van der Waals surface area contributed by atoms with Gasteiger partial charge >= 0.3 is 0 Å². The molecule has 0 spiro atoms. The molecule has 0 amide bonds. The zero-order valence-electron chi connectivity index (χ0n) is 6.90. The molecule has 0 radical (unpaired) electrons. The molecule has 3 nitrogen and oxygen atoms in total. The van der Waals surface area contributed by atoms with Gasteiger partial charge in [-0.05, 0) is 18.2 Å². The van der Waals surface area contributed by atoms with Crippen LogP contribution in [0.3, 0.4) is 0 Å². The molecule has 0 aliphatic rings. The van der Waals surface area contributed by atoms with E-state index in [4.69, 9.17) is 17.3 Å². The maximum absolute atomic E-state index is 11.4. The van der Waals surface area contributed by atoms with E-state index in [-0.39, 0.29) is 16.5 Å². The van der Waals surface area contributed by atoms with Gasteiger partial charge in [-0.2, -0.15) is 0 Å². The lowest BCUT2D eigenvalue weighted by Gasteiger charge is -2.02. The molecule has 0 aliphatic heterocycles. The Hall–Kier alpha value is -0.740. The van der Waals surface area contributed by atoms with Gasteiger partial charge in [-0.25, -0.2) is 8.42 Å². The molecule has 72 valence electrons. The summed E-state index contributed by atoms with van der Waals surface area (Å²) in [5.41, 5.74) is 5.89. The monoisotopic (exact) mass is 219 g/mol. The lowest BCUT2D eigenvalue weighted by Crippen LogP contribution is -2.08. The van der Waals surface area contributed by atoms with Crippen LogP contribution in [-0.4, -0.2) is 20.1 Å². The van der Waals surface area contributed by atoms with Gasteiger partial charge in [0.15, 0.2) is 9.84 Å². The summed E-state index contributed by atoms with van der Waals surface area (Å²) in [6.45, 7) is 0. The average molecular weight is 220 g/mol. The van der Waals surface area contributed by atoms with Crippen molar-refractivity contribution in [2.24, 2.45) is 0 Å². The first-order valence-corrected chi connectivity index (χ1v) is 5.89. The normalized spacial score (nSPS) is 11.5. The molecular weight excluding hydrogens is 210 g/mol. The standard InChI is InChI=1S/C8H10ClNO2S/c9-4-5-13(11,12)8-3-1-2-7(10)6-8/h1-3,6H,4-5,10H2. The predicted molar refractivity (Wildman–Crippen MR) is 53.6 cm³/mol. The molecule has 0 saturated heterocycles. The number of sulfone groups is 1. The van der Waals surface area contributed by atoms with Crippen LogP contribution < -0.4 is 5.73 Å². The van der Waals surface area contributed by atoms with Crippen LogP contribution in [0.25, 0.3) is 0 Å². The summed E-state index contributed by atoms with van der Waals surface area (Å²) in [4.78, 5) is 0.230. The molecule has 0 heterocycles. The fourth-order valence-electron chi connectivity index (χ4n) is 0.927. The molecule has 5 heteroatoms. The van der Waals surface area contributed by atoms with E-state index in [1.807, 2.05) is 0 Å². The average Bonchev–Trinajstić information content (AvgIpc) is 2.04. The minimum absolute atomic E-state index is 0.0575. The van der Waals surface area contributed by atoms with Gasteiger partial charge in [-0.3, -0.25) is 0 Å². The third kappa shape index (κ3) is 2.60. The molecular formula is C8H10ClNO2S. The number of hydrogen-bond donors (Lipinski definition) is 1. The van der Waals surface area contributed by atoms with E-state index in [2.05, 4.69) is 0 Å². The largest absolute Gasteiger partial charge is 0.399 e. The summed E-state index contributed by atoms with van der Waals surface area (Å²) in [7, 11) is -3.24. The van der Waals surface area contributed by atoms with E-state index >= 15 is 0 Å². The van der Waals surface area contributed by atoms with Gasteiger partial charge in [0.2, 0.25) is 0 Å². The Balaban J connectivity index is 3.08. The van der Waals surface area contributed by atoms with E-state index in [9.17, 15) is 8.42 Å². The third-order valence-electron chi connectivity index (χ3n) is 1.56. The minimum atomic E-state index is -3.24. The number of anilines is 1. The number of alkyl halides is 1. The highest BCUT2D eigenvalue weighted by Crippen LogP contribution is 2.14. The number of hydrogen-bond acceptors (Lipinski definition) is 3. The molecule has 0 bridgehead atoms. The Bertz CT molecular complexity index is 389. The fraction of sp³-hybridized carbons (Fsp3) is 0.250. The maximum atomic E-state index is 11.4. The van der Waals surface area contributed by atoms with Crippen LogP contribution in [0.4, 0.5) is 5.69 Å². The van der Waals surface area contributed by atoms with E-state index in [1.165, 1.54) is 12.1 Å². The maximum Gasteiger partial charge on any atom is 0.179 e. The molecule has 1 rings (SSSR count). The van der Waals surface area contributed by atoms with Crippen molar-refractivity contribution in [2.75, 3.05) is 17.4 Å². The predicted octanol–water partition coefficient (Wildman–Crippen LogP) is 1.28. The van der Waals surface area contributed by atoms with E-state index in [1.54, 1.807) is 12.1 Å². The molecule has 1 aromatic carbocycles. The molecule has 0 aliphatic carbocycles.